The molecule has 114 valence electrons. The summed E-state index contributed by atoms with van der Waals surface area (Å²) in [4.78, 5) is 0. The lowest BCUT2D eigenvalue weighted by Gasteiger charge is -2.26. The van der Waals surface area contributed by atoms with Crippen molar-refractivity contribution in [1.29, 1.82) is 0 Å². The Bertz CT molecular complexity index is 347. The Kier molecular flexibility index (Phi) is 8.47. The number of methoxy groups -OCH3 is 1. The van der Waals surface area contributed by atoms with E-state index in [9.17, 15) is 4.39 Å². The van der Waals surface area contributed by atoms with Crippen molar-refractivity contribution in [3.05, 3.63) is 35.6 Å². The van der Waals surface area contributed by atoms with Crippen LogP contribution in [0.1, 0.15) is 57.6 Å². The lowest BCUT2D eigenvalue weighted by Crippen LogP contribution is -2.36. The Balaban J connectivity index is 2.73. The van der Waals surface area contributed by atoms with Crippen molar-refractivity contribution in [3.8, 4) is 0 Å². The Morgan fingerprint density at radius 3 is 2.35 bits per heavy atom. The van der Waals surface area contributed by atoms with E-state index in [1.54, 1.807) is 19.2 Å². The van der Waals surface area contributed by atoms with Crippen molar-refractivity contribution in [2.24, 2.45) is 0 Å². The first kappa shape index (κ1) is 17.1. The van der Waals surface area contributed by atoms with Crippen LogP contribution in [0.15, 0.2) is 24.3 Å². The molecule has 0 bridgehead atoms. The molecule has 0 fully saturated rings. The van der Waals surface area contributed by atoms with E-state index in [2.05, 4.69) is 19.2 Å². The summed E-state index contributed by atoms with van der Waals surface area (Å²) >= 11 is 0. The van der Waals surface area contributed by atoms with Crippen LogP contribution in [0, 0.1) is 5.82 Å². The molecule has 0 aliphatic heterocycles. The highest BCUT2D eigenvalue weighted by molar-refractivity contribution is 5.20. The quantitative estimate of drug-likeness (QED) is 0.683. The van der Waals surface area contributed by atoms with Crippen LogP contribution in [0.25, 0.3) is 0 Å². The molecule has 0 amide bonds. The lowest BCUT2D eigenvalue weighted by molar-refractivity contribution is 0.154. The van der Waals surface area contributed by atoms with Crippen LogP contribution in [0.4, 0.5) is 4.39 Å². The zero-order chi connectivity index (χ0) is 14.8. The predicted molar refractivity (Wildman–Crippen MR) is 82.4 cm³/mol. The van der Waals surface area contributed by atoms with E-state index < -0.39 is 0 Å². The molecule has 0 saturated carbocycles. The van der Waals surface area contributed by atoms with Gasteiger partial charge in [-0.1, -0.05) is 45.2 Å². The third-order valence-electron chi connectivity index (χ3n) is 3.56. The molecular formula is C17H28FNO. The third-order valence-corrected chi connectivity index (χ3v) is 3.56. The highest BCUT2D eigenvalue weighted by Crippen LogP contribution is 2.21. The maximum Gasteiger partial charge on any atom is 0.123 e. The number of halogens is 1. The van der Waals surface area contributed by atoms with Gasteiger partial charge in [0.1, 0.15) is 5.82 Å². The van der Waals surface area contributed by atoms with Gasteiger partial charge in [-0.05, 0) is 30.5 Å². The van der Waals surface area contributed by atoms with Crippen LogP contribution >= 0.6 is 0 Å². The molecule has 1 aromatic carbocycles. The van der Waals surface area contributed by atoms with E-state index in [1.807, 2.05) is 12.1 Å². The Morgan fingerprint density at radius 2 is 1.80 bits per heavy atom. The first-order chi connectivity index (χ1) is 9.71. The Labute approximate surface area is 122 Å². The SMILES string of the molecule is CCCCC(NC(CCC)COC)c1ccc(F)cc1. The van der Waals surface area contributed by atoms with Crippen LogP contribution in [0.3, 0.4) is 0 Å². The molecule has 0 saturated heterocycles. The van der Waals surface area contributed by atoms with Crippen molar-refractivity contribution >= 4 is 0 Å². The maximum atomic E-state index is 13.1. The smallest absolute Gasteiger partial charge is 0.123 e. The predicted octanol–water partition coefficient (Wildman–Crippen LogP) is 4.46. The molecule has 2 unspecified atom stereocenters. The van der Waals surface area contributed by atoms with Gasteiger partial charge in [-0.15, -0.1) is 0 Å². The van der Waals surface area contributed by atoms with Gasteiger partial charge in [0.15, 0.2) is 0 Å². The number of ether oxygens (including phenoxy) is 1. The van der Waals surface area contributed by atoms with Crippen molar-refractivity contribution < 1.29 is 9.13 Å². The Hall–Kier alpha value is -0.930. The average molecular weight is 281 g/mol. The normalized spacial score (nSPS) is 14.2. The summed E-state index contributed by atoms with van der Waals surface area (Å²) in [6, 6.07) is 7.50. The molecule has 0 aromatic heterocycles. The van der Waals surface area contributed by atoms with Gasteiger partial charge in [0.25, 0.3) is 0 Å². The molecule has 3 heteroatoms. The fraction of sp³-hybridized carbons (Fsp3) is 0.647. The van der Waals surface area contributed by atoms with Gasteiger partial charge >= 0.3 is 0 Å². The zero-order valence-corrected chi connectivity index (χ0v) is 13.0. The Morgan fingerprint density at radius 1 is 1.10 bits per heavy atom. The summed E-state index contributed by atoms with van der Waals surface area (Å²) in [7, 11) is 1.74. The lowest BCUT2D eigenvalue weighted by atomic mass is 9.99. The molecule has 2 nitrogen and oxygen atoms in total. The summed E-state index contributed by atoms with van der Waals surface area (Å²) in [6.07, 6.45) is 5.64. The topological polar surface area (TPSA) is 21.3 Å². The van der Waals surface area contributed by atoms with Crippen LogP contribution in [-0.4, -0.2) is 19.8 Å². The summed E-state index contributed by atoms with van der Waals surface area (Å²) in [5.74, 6) is -0.176. The molecular weight excluding hydrogens is 253 g/mol. The first-order valence-corrected chi connectivity index (χ1v) is 7.71. The second-order valence-electron chi connectivity index (χ2n) is 5.35. The van der Waals surface area contributed by atoms with Crippen LogP contribution in [0.2, 0.25) is 0 Å². The fourth-order valence-electron chi connectivity index (χ4n) is 2.50. The highest BCUT2D eigenvalue weighted by Gasteiger charge is 2.16. The van der Waals surface area contributed by atoms with Gasteiger partial charge in [-0.25, -0.2) is 4.39 Å². The second-order valence-corrected chi connectivity index (χ2v) is 5.35. The summed E-state index contributed by atoms with van der Waals surface area (Å²) < 4.78 is 18.4. The molecule has 1 rings (SSSR count). The van der Waals surface area contributed by atoms with E-state index in [-0.39, 0.29) is 11.9 Å². The van der Waals surface area contributed by atoms with Crippen molar-refractivity contribution in [2.75, 3.05) is 13.7 Å². The largest absolute Gasteiger partial charge is 0.383 e. The number of benzene rings is 1. The second kappa shape index (κ2) is 9.89. The molecule has 0 heterocycles. The van der Waals surface area contributed by atoms with Crippen LogP contribution < -0.4 is 5.32 Å². The number of unbranched alkanes of at least 4 members (excludes halogenated alkanes) is 1. The highest BCUT2D eigenvalue weighted by atomic mass is 19.1. The zero-order valence-electron chi connectivity index (χ0n) is 13.0. The van der Waals surface area contributed by atoms with Crippen molar-refractivity contribution in [3.63, 3.8) is 0 Å². The van der Waals surface area contributed by atoms with Gasteiger partial charge in [0.2, 0.25) is 0 Å². The van der Waals surface area contributed by atoms with E-state index in [0.29, 0.717) is 6.04 Å². The molecule has 0 aliphatic carbocycles. The van der Waals surface area contributed by atoms with Gasteiger partial charge in [0.05, 0.1) is 6.61 Å². The molecule has 2 atom stereocenters. The molecule has 0 spiro atoms. The monoisotopic (exact) mass is 281 g/mol. The number of hydrogen-bond donors (Lipinski definition) is 1. The first-order valence-electron chi connectivity index (χ1n) is 7.71. The minimum atomic E-state index is -0.176. The summed E-state index contributed by atoms with van der Waals surface area (Å²) in [5, 5.41) is 3.68. The van der Waals surface area contributed by atoms with E-state index in [1.165, 1.54) is 12.8 Å². The molecule has 20 heavy (non-hydrogen) atoms. The van der Waals surface area contributed by atoms with Crippen molar-refractivity contribution in [1.82, 2.24) is 5.32 Å². The summed E-state index contributed by atoms with van der Waals surface area (Å²) in [5.41, 5.74) is 1.16. The summed E-state index contributed by atoms with van der Waals surface area (Å²) in [6.45, 7) is 5.10. The van der Waals surface area contributed by atoms with Gasteiger partial charge < -0.3 is 10.1 Å². The standard InChI is InChI=1S/C17H28FNO/c1-4-6-8-17(14-9-11-15(18)12-10-14)19-16(7-5-2)13-20-3/h9-12,16-17,19H,4-8,13H2,1-3H3. The van der Waals surface area contributed by atoms with Crippen LogP contribution in [0.5, 0.6) is 0 Å². The molecule has 0 aliphatic rings. The molecule has 0 radical (unpaired) electrons. The van der Waals surface area contributed by atoms with E-state index in [4.69, 9.17) is 4.74 Å². The fourth-order valence-corrected chi connectivity index (χ4v) is 2.50. The number of rotatable bonds is 10. The van der Waals surface area contributed by atoms with Gasteiger partial charge in [0, 0.05) is 19.2 Å². The minimum absolute atomic E-state index is 0.176. The van der Waals surface area contributed by atoms with Crippen LogP contribution in [-0.2, 0) is 4.74 Å². The van der Waals surface area contributed by atoms with Crippen molar-refractivity contribution in [2.45, 2.75) is 58.0 Å². The van der Waals surface area contributed by atoms with Gasteiger partial charge in [-0.3, -0.25) is 0 Å². The van der Waals surface area contributed by atoms with E-state index in [0.717, 1.165) is 31.4 Å². The maximum absolute atomic E-state index is 13.1. The third kappa shape index (κ3) is 6.02. The number of nitrogens with one attached hydrogen (secondary N) is 1. The van der Waals surface area contributed by atoms with E-state index >= 15 is 0 Å². The minimum Gasteiger partial charge on any atom is -0.383 e. The van der Waals surface area contributed by atoms with Gasteiger partial charge in [-0.2, -0.15) is 0 Å². The molecule has 1 N–H and O–H groups in total. The molecule has 1 aromatic rings. The average Bonchev–Trinajstić information content (AvgIpc) is 2.45. The number of hydrogen-bond acceptors (Lipinski definition) is 2.